The predicted octanol–water partition coefficient (Wildman–Crippen LogP) is 3.30. The summed E-state index contributed by atoms with van der Waals surface area (Å²) < 4.78 is 5.75. The van der Waals surface area contributed by atoms with Crippen molar-refractivity contribution >= 4 is 5.78 Å². The Morgan fingerprint density at radius 3 is 2.48 bits per heavy atom. The summed E-state index contributed by atoms with van der Waals surface area (Å²) in [5, 5.41) is 0. The zero-order chi connectivity index (χ0) is 15.4. The number of carbonyl (C=O) groups excluding carboxylic acids is 1. The van der Waals surface area contributed by atoms with Gasteiger partial charge in [-0.3, -0.25) is 9.69 Å². The van der Waals surface area contributed by atoms with E-state index in [1.807, 2.05) is 20.9 Å². The number of Topliss-reactive ketones (excluding diaryl/α,β-unsaturated/α-hetero) is 1. The Kier molecular flexibility index (Phi) is 5.54. The molecule has 1 atom stereocenters. The lowest BCUT2D eigenvalue weighted by Gasteiger charge is -2.27. The molecule has 0 N–H and O–H groups in total. The largest absolute Gasteiger partial charge is 0.377 e. The van der Waals surface area contributed by atoms with Crippen LogP contribution in [0.5, 0.6) is 0 Å². The minimum Gasteiger partial charge on any atom is -0.377 e. The first-order chi connectivity index (χ1) is 9.97. The molecule has 1 fully saturated rings. The van der Waals surface area contributed by atoms with Crippen LogP contribution in [-0.4, -0.2) is 43.5 Å². The molecule has 1 aromatic rings. The lowest BCUT2D eigenvalue weighted by Crippen LogP contribution is -2.36. The van der Waals surface area contributed by atoms with Gasteiger partial charge in [0.15, 0.2) is 5.78 Å². The van der Waals surface area contributed by atoms with Gasteiger partial charge >= 0.3 is 0 Å². The van der Waals surface area contributed by atoms with Crippen LogP contribution in [0.15, 0.2) is 12.1 Å². The van der Waals surface area contributed by atoms with Gasteiger partial charge in [0.2, 0.25) is 0 Å². The minimum atomic E-state index is 0.211. The van der Waals surface area contributed by atoms with E-state index in [0.717, 1.165) is 36.3 Å². The van der Waals surface area contributed by atoms with Gasteiger partial charge in [0, 0.05) is 18.7 Å². The standard InChI is InChI=1S/C18H27NO2/c1-13-9-14(2)18(15(3)10-13)17(20)12-19(4)11-16-7-5-6-8-21-16/h9-10,16H,5-8,11-12H2,1-4H3. The van der Waals surface area contributed by atoms with Crippen LogP contribution in [0.1, 0.15) is 46.3 Å². The van der Waals surface area contributed by atoms with Gasteiger partial charge in [-0.05, 0) is 58.2 Å². The maximum atomic E-state index is 12.6. The fourth-order valence-corrected chi connectivity index (χ4v) is 3.31. The molecule has 0 spiro atoms. The van der Waals surface area contributed by atoms with Crippen molar-refractivity contribution < 1.29 is 9.53 Å². The van der Waals surface area contributed by atoms with E-state index in [2.05, 4.69) is 24.0 Å². The number of carbonyl (C=O) groups is 1. The van der Waals surface area contributed by atoms with Gasteiger partial charge in [0.05, 0.1) is 12.6 Å². The Bertz CT molecular complexity index is 481. The van der Waals surface area contributed by atoms with Crippen LogP contribution in [0.2, 0.25) is 0 Å². The van der Waals surface area contributed by atoms with Gasteiger partial charge in [-0.1, -0.05) is 17.7 Å². The maximum absolute atomic E-state index is 12.6. The number of hydrogen-bond donors (Lipinski definition) is 0. The number of benzene rings is 1. The highest BCUT2D eigenvalue weighted by molar-refractivity contribution is 6.00. The molecular weight excluding hydrogens is 262 g/mol. The number of rotatable bonds is 5. The highest BCUT2D eigenvalue weighted by atomic mass is 16.5. The van der Waals surface area contributed by atoms with Crippen molar-refractivity contribution in [1.82, 2.24) is 4.90 Å². The van der Waals surface area contributed by atoms with Crippen molar-refractivity contribution in [2.75, 3.05) is 26.7 Å². The molecule has 0 saturated carbocycles. The van der Waals surface area contributed by atoms with Crippen molar-refractivity contribution in [1.29, 1.82) is 0 Å². The smallest absolute Gasteiger partial charge is 0.177 e. The first-order valence-corrected chi connectivity index (χ1v) is 7.88. The third-order valence-corrected chi connectivity index (χ3v) is 4.16. The van der Waals surface area contributed by atoms with Crippen LogP contribution in [0.4, 0.5) is 0 Å². The van der Waals surface area contributed by atoms with Crippen LogP contribution in [0, 0.1) is 20.8 Å². The monoisotopic (exact) mass is 289 g/mol. The first kappa shape index (κ1) is 16.2. The SMILES string of the molecule is Cc1cc(C)c(C(=O)CN(C)CC2CCCCO2)c(C)c1. The average molecular weight is 289 g/mol. The van der Waals surface area contributed by atoms with E-state index in [-0.39, 0.29) is 11.9 Å². The van der Waals surface area contributed by atoms with E-state index >= 15 is 0 Å². The van der Waals surface area contributed by atoms with E-state index in [0.29, 0.717) is 6.54 Å². The molecule has 21 heavy (non-hydrogen) atoms. The summed E-state index contributed by atoms with van der Waals surface area (Å²) in [5.74, 6) is 0.211. The van der Waals surface area contributed by atoms with E-state index in [4.69, 9.17) is 4.74 Å². The van der Waals surface area contributed by atoms with Crippen molar-refractivity contribution in [3.63, 3.8) is 0 Å². The zero-order valence-corrected chi connectivity index (χ0v) is 13.7. The van der Waals surface area contributed by atoms with E-state index in [9.17, 15) is 4.79 Å². The second-order valence-corrected chi connectivity index (χ2v) is 6.38. The Balaban J connectivity index is 1.97. The van der Waals surface area contributed by atoms with E-state index in [1.54, 1.807) is 0 Å². The summed E-state index contributed by atoms with van der Waals surface area (Å²) in [5.41, 5.74) is 4.27. The summed E-state index contributed by atoms with van der Waals surface area (Å²) >= 11 is 0. The number of ether oxygens (including phenoxy) is 1. The Hall–Kier alpha value is -1.19. The highest BCUT2D eigenvalue weighted by Gasteiger charge is 2.19. The second kappa shape index (κ2) is 7.19. The molecule has 2 rings (SSSR count). The highest BCUT2D eigenvalue weighted by Crippen LogP contribution is 2.18. The molecule has 0 aromatic heterocycles. The van der Waals surface area contributed by atoms with Crippen LogP contribution in [0.3, 0.4) is 0 Å². The Labute approximate surface area is 128 Å². The van der Waals surface area contributed by atoms with Crippen LogP contribution >= 0.6 is 0 Å². The van der Waals surface area contributed by atoms with Crippen molar-refractivity contribution in [3.8, 4) is 0 Å². The molecule has 1 aliphatic heterocycles. The molecular formula is C18H27NO2. The Morgan fingerprint density at radius 2 is 1.90 bits per heavy atom. The number of hydrogen-bond acceptors (Lipinski definition) is 3. The van der Waals surface area contributed by atoms with Gasteiger partial charge in [-0.15, -0.1) is 0 Å². The van der Waals surface area contributed by atoms with Gasteiger partial charge in [0.1, 0.15) is 0 Å². The van der Waals surface area contributed by atoms with Crippen LogP contribution < -0.4 is 0 Å². The lowest BCUT2D eigenvalue weighted by atomic mass is 9.96. The molecule has 1 aromatic carbocycles. The van der Waals surface area contributed by atoms with Crippen molar-refractivity contribution in [3.05, 3.63) is 34.4 Å². The van der Waals surface area contributed by atoms with E-state index in [1.165, 1.54) is 18.4 Å². The molecule has 1 saturated heterocycles. The molecule has 1 aliphatic rings. The molecule has 0 amide bonds. The number of ketones is 1. The summed E-state index contributed by atoms with van der Waals surface area (Å²) in [7, 11) is 2.01. The van der Waals surface area contributed by atoms with Crippen molar-refractivity contribution in [2.24, 2.45) is 0 Å². The third kappa shape index (κ3) is 4.39. The van der Waals surface area contributed by atoms with Crippen LogP contribution in [-0.2, 0) is 4.74 Å². The molecule has 3 nitrogen and oxygen atoms in total. The molecule has 3 heteroatoms. The first-order valence-electron chi connectivity index (χ1n) is 7.88. The van der Waals surface area contributed by atoms with Gasteiger partial charge in [-0.25, -0.2) is 0 Å². The molecule has 1 unspecified atom stereocenters. The fraction of sp³-hybridized carbons (Fsp3) is 0.611. The lowest BCUT2D eigenvalue weighted by molar-refractivity contribution is -0.000672. The quantitative estimate of drug-likeness (QED) is 0.779. The third-order valence-electron chi connectivity index (χ3n) is 4.16. The Morgan fingerprint density at radius 1 is 1.24 bits per heavy atom. The predicted molar refractivity (Wildman–Crippen MR) is 86.1 cm³/mol. The molecule has 116 valence electrons. The summed E-state index contributed by atoms with van der Waals surface area (Å²) in [6.45, 7) is 8.29. The van der Waals surface area contributed by atoms with Crippen LogP contribution in [0.25, 0.3) is 0 Å². The maximum Gasteiger partial charge on any atom is 0.177 e. The molecule has 1 heterocycles. The summed E-state index contributed by atoms with van der Waals surface area (Å²) in [6, 6.07) is 4.18. The number of likely N-dealkylation sites (N-methyl/N-ethyl adjacent to an activating group) is 1. The van der Waals surface area contributed by atoms with Gasteiger partial charge in [0.25, 0.3) is 0 Å². The molecule has 0 radical (unpaired) electrons. The number of aryl methyl sites for hydroxylation is 3. The number of nitrogens with zero attached hydrogens (tertiary/aromatic N) is 1. The molecule has 0 bridgehead atoms. The zero-order valence-electron chi connectivity index (χ0n) is 13.7. The fourth-order valence-electron chi connectivity index (χ4n) is 3.31. The summed E-state index contributed by atoms with van der Waals surface area (Å²) in [6.07, 6.45) is 3.81. The van der Waals surface area contributed by atoms with Crippen molar-refractivity contribution in [2.45, 2.75) is 46.1 Å². The van der Waals surface area contributed by atoms with E-state index < -0.39 is 0 Å². The summed E-state index contributed by atoms with van der Waals surface area (Å²) in [4.78, 5) is 14.7. The topological polar surface area (TPSA) is 29.5 Å². The average Bonchev–Trinajstić information content (AvgIpc) is 2.38. The molecule has 0 aliphatic carbocycles. The minimum absolute atomic E-state index is 0.211. The van der Waals surface area contributed by atoms with Gasteiger partial charge in [-0.2, -0.15) is 0 Å². The second-order valence-electron chi connectivity index (χ2n) is 6.38. The normalized spacial score (nSPS) is 19.0. The van der Waals surface area contributed by atoms with Gasteiger partial charge < -0.3 is 4.74 Å².